The molecule has 2 atom stereocenters. The smallest absolute Gasteiger partial charge is 0.408 e. The largest absolute Gasteiger partial charge is 0.444 e. The Morgan fingerprint density at radius 2 is 1.82 bits per heavy atom. The second-order valence-electron chi connectivity index (χ2n) is 9.46. The van der Waals surface area contributed by atoms with Gasteiger partial charge < -0.3 is 20.3 Å². The summed E-state index contributed by atoms with van der Waals surface area (Å²) in [5.74, 6) is -0.293. The van der Waals surface area contributed by atoms with Gasteiger partial charge in [-0.15, -0.1) is 0 Å². The normalized spacial score (nSPS) is 12.9. The topological polar surface area (TPSA) is 112 Å². The third-order valence-corrected chi connectivity index (χ3v) is 5.70. The fourth-order valence-corrected chi connectivity index (χ4v) is 3.87. The maximum Gasteiger partial charge on any atom is 0.408 e. The van der Waals surface area contributed by atoms with E-state index in [1.807, 2.05) is 52.2 Å². The van der Waals surface area contributed by atoms with Crippen molar-refractivity contribution in [3.63, 3.8) is 0 Å². The second kappa shape index (κ2) is 13.2. The van der Waals surface area contributed by atoms with Crippen LogP contribution in [-0.2, 0) is 14.3 Å². The van der Waals surface area contributed by atoms with Crippen molar-refractivity contribution in [3.8, 4) is 6.07 Å². The lowest BCUT2D eigenvalue weighted by Crippen LogP contribution is -2.53. The average Bonchev–Trinajstić information content (AvgIpc) is 2.71. The number of alkyl carbamates (subject to hydrolysis) is 1. The minimum absolute atomic E-state index is 0.161. The maximum absolute atomic E-state index is 13.8. The molecule has 0 spiro atoms. The summed E-state index contributed by atoms with van der Waals surface area (Å²) in [6.07, 6.45) is 1.50. The zero-order chi connectivity index (χ0) is 26.1. The molecule has 0 bridgehead atoms. The van der Waals surface area contributed by atoms with E-state index in [0.29, 0.717) is 17.7 Å². The van der Waals surface area contributed by atoms with E-state index in [-0.39, 0.29) is 18.5 Å². The molecule has 0 aromatic heterocycles. The van der Waals surface area contributed by atoms with Gasteiger partial charge >= 0.3 is 6.09 Å². The minimum atomic E-state index is -1.02. The number of hydrogen-bond acceptors (Lipinski definition) is 6. The number of benzene rings is 1. The summed E-state index contributed by atoms with van der Waals surface area (Å²) in [4.78, 5) is 40.8. The molecule has 34 heavy (non-hydrogen) atoms. The standard InChI is InChI=1S/C25H38N4O4S/c1-16(2)27-22(30)21(19-11-9-10-17(3)18(19)4)29(14-13-26)23(31)20(12-15-34-8)28-24(32)33-25(5,6)7/h9-11,16,20-21H,12,14-15H2,1-8H3,(H,27,30)(H,28,32). The summed E-state index contributed by atoms with van der Waals surface area (Å²) in [7, 11) is 0. The molecule has 0 aliphatic rings. The first kappa shape index (κ1) is 29.3. The quantitative estimate of drug-likeness (QED) is 0.482. The molecule has 0 saturated carbocycles. The highest BCUT2D eigenvalue weighted by Gasteiger charge is 2.37. The predicted octanol–water partition coefficient (Wildman–Crippen LogP) is 3.87. The summed E-state index contributed by atoms with van der Waals surface area (Å²) < 4.78 is 5.35. The molecular formula is C25H38N4O4S. The number of nitriles is 1. The monoisotopic (exact) mass is 490 g/mol. The Labute approximate surface area is 207 Å². The van der Waals surface area contributed by atoms with Gasteiger partial charge in [0.1, 0.15) is 24.2 Å². The highest BCUT2D eigenvalue weighted by molar-refractivity contribution is 7.98. The first-order valence-electron chi connectivity index (χ1n) is 11.3. The first-order chi connectivity index (χ1) is 15.8. The first-order valence-corrected chi connectivity index (χ1v) is 12.7. The number of nitrogens with zero attached hydrogens (tertiary/aromatic N) is 2. The number of ether oxygens (including phenoxy) is 1. The van der Waals surface area contributed by atoms with Crippen LogP contribution in [0.15, 0.2) is 18.2 Å². The fourth-order valence-electron chi connectivity index (χ4n) is 3.40. The number of amides is 3. The molecule has 0 fully saturated rings. The van der Waals surface area contributed by atoms with Crippen LogP contribution in [0, 0.1) is 25.2 Å². The van der Waals surface area contributed by atoms with Gasteiger partial charge in [0.2, 0.25) is 11.8 Å². The van der Waals surface area contributed by atoms with Crippen LogP contribution in [0.25, 0.3) is 0 Å². The molecule has 0 heterocycles. The summed E-state index contributed by atoms with van der Waals surface area (Å²) in [5.41, 5.74) is 1.74. The van der Waals surface area contributed by atoms with Crippen molar-refractivity contribution >= 4 is 29.7 Å². The summed E-state index contributed by atoms with van der Waals surface area (Å²) in [5, 5.41) is 15.1. The van der Waals surface area contributed by atoms with Crippen molar-refractivity contribution in [2.75, 3.05) is 18.6 Å². The van der Waals surface area contributed by atoms with Crippen LogP contribution in [0.2, 0.25) is 0 Å². The molecule has 2 unspecified atom stereocenters. The highest BCUT2D eigenvalue weighted by atomic mass is 32.2. The number of carbonyl (C=O) groups excluding carboxylic acids is 3. The van der Waals surface area contributed by atoms with Crippen LogP contribution in [0.5, 0.6) is 0 Å². The van der Waals surface area contributed by atoms with Crippen LogP contribution >= 0.6 is 11.8 Å². The highest BCUT2D eigenvalue weighted by Crippen LogP contribution is 2.27. The van der Waals surface area contributed by atoms with Gasteiger partial charge in [-0.05, 0) is 83.6 Å². The third-order valence-electron chi connectivity index (χ3n) is 5.06. The van der Waals surface area contributed by atoms with Crippen molar-refractivity contribution in [2.24, 2.45) is 0 Å². The molecule has 188 valence electrons. The van der Waals surface area contributed by atoms with Crippen molar-refractivity contribution in [2.45, 2.75) is 78.6 Å². The number of rotatable bonds is 10. The number of aryl methyl sites for hydroxylation is 1. The van der Waals surface area contributed by atoms with E-state index in [0.717, 1.165) is 11.1 Å². The molecule has 3 amide bonds. The lowest BCUT2D eigenvalue weighted by Gasteiger charge is -2.34. The van der Waals surface area contributed by atoms with Crippen molar-refractivity contribution in [3.05, 3.63) is 34.9 Å². The molecule has 0 aliphatic heterocycles. The molecule has 1 aromatic rings. The Kier molecular flexibility index (Phi) is 11.4. The Morgan fingerprint density at radius 1 is 1.18 bits per heavy atom. The van der Waals surface area contributed by atoms with Crippen LogP contribution < -0.4 is 10.6 Å². The molecule has 0 radical (unpaired) electrons. The lowest BCUT2D eigenvalue weighted by molar-refractivity contribution is -0.142. The van der Waals surface area contributed by atoms with Gasteiger partial charge in [0, 0.05) is 6.04 Å². The molecule has 1 rings (SSSR count). The van der Waals surface area contributed by atoms with E-state index in [4.69, 9.17) is 4.74 Å². The second-order valence-corrected chi connectivity index (χ2v) is 10.4. The molecule has 9 heteroatoms. The van der Waals surface area contributed by atoms with Gasteiger partial charge in [0.25, 0.3) is 0 Å². The summed E-state index contributed by atoms with van der Waals surface area (Å²) >= 11 is 1.53. The van der Waals surface area contributed by atoms with Gasteiger partial charge in [-0.1, -0.05) is 18.2 Å². The van der Waals surface area contributed by atoms with E-state index < -0.39 is 29.7 Å². The van der Waals surface area contributed by atoms with E-state index in [9.17, 15) is 19.6 Å². The SMILES string of the molecule is CSCCC(NC(=O)OC(C)(C)C)C(=O)N(CC#N)C(C(=O)NC(C)C)c1cccc(C)c1C. The Hall–Kier alpha value is -2.73. The summed E-state index contributed by atoms with van der Waals surface area (Å²) in [6.45, 7) is 12.4. The van der Waals surface area contributed by atoms with Gasteiger partial charge in [-0.25, -0.2) is 4.79 Å². The zero-order valence-corrected chi connectivity index (χ0v) is 22.3. The van der Waals surface area contributed by atoms with Crippen molar-refractivity contribution in [1.82, 2.24) is 15.5 Å². The third kappa shape index (κ3) is 8.90. The Bertz CT molecular complexity index is 905. The van der Waals surface area contributed by atoms with Gasteiger partial charge in [0.05, 0.1) is 6.07 Å². The number of hydrogen-bond donors (Lipinski definition) is 2. The fraction of sp³-hybridized carbons (Fsp3) is 0.600. The number of thioether (sulfide) groups is 1. The molecule has 8 nitrogen and oxygen atoms in total. The summed E-state index contributed by atoms with van der Waals surface area (Å²) in [6, 6.07) is 5.44. The van der Waals surface area contributed by atoms with Crippen molar-refractivity contribution in [1.29, 1.82) is 5.26 Å². The maximum atomic E-state index is 13.8. The average molecular weight is 491 g/mol. The molecule has 1 aromatic carbocycles. The van der Waals surface area contributed by atoms with E-state index in [1.54, 1.807) is 26.8 Å². The molecule has 0 saturated heterocycles. The molecule has 0 aliphatic carbocycles. The minimum Gasteiger partial charge on any atom is -0.444 e. The number of carbonyl (C=O) groups is 3. The molecule has 2 N–H and O–H groups in total. The Balaban J connectivity index is 3.48. The van der Waals surface area contributed by atoms with Crippen LogP contribution in [0.1, 0.15) is 63.8 Å². The zero-order valence-electron chi connectivity index (χ0n) is 21.5. The lowest BCUT2D eigenvalue weighted by atomic mass is 9.94. The van der Waals surface area contributed by atoms with Gasteiger partial charge in [0.15, 0.2) is 0 Å². The Morgan fingerprint density at radius 3 is 2.35 bits per heavy atom. The molecular weight excluding hydrogens is 452 g/mol. The van der Waals surface area contributed by atoms with Crippen LogP contribution in [0.4, 0.5) is 4.79 Å². The van der Waals surface area contributed by atoms with Crippen LogP contribution in [-0.4, -0.2) is 59.0 Å². The van der Waals surface area contributed by atoms with E-state index in [1.165, 1.54) is 16.7 Å². The van der Waals surface area contributed by atoms with E-state index >= 15 is 0 Å². The van der Waals surface area contributed by atoms with Gasteiger partial charge in [-0.2, -0.15) is 17.0 Å². The van der Waals surface area contributed by atoms with Gasteiger partial charge in [-0.3, -0.25) is 9.59 Å². The van der Waals surface area contributed by atoms with Crippen LogP contribution in [0.3, 0.4) is 0 Å². The predicted molar refractivity (Wildman–Crippen MR) is 135 cm³/mol. The number of nitrogens with one attached hydrogen (secondary N) is 2. The van der Waals surface area contributed by atoms with Crippen molar-refractivity contribution < 1.29 is 19.1 Å². The van der Waals surface area contributed by atoms with E-state index in [2.05, 4.69) is 10.6 Å².